The molecule has 1 aromatic heterocycles. The standard InChI is InChI=1S/C21H17N5.CH4/c1-4-15-11-16(5-2)13-17(12-15)14-23-21-25-19(24-20(22-3)26-21)18-9-7-6-8-10-18;/h4-14H,1-3H2;1H4. The summed E-state index contributed by atoms with van der Waals surface area (Å²) in [4.78, 5) is 21.1. The van der Waals surface area contributed by atoms with Crippen LogP contribution < -0.4 is 0 Å². The van der Waals surface area contributed by atoms with Crippen LogP contribution in [0.2, 0.25) is 0 Å². The van der Waals surface area contributed by atoms with E-state index < -0.39 is 0 Å². The molecule has 0 bridgehead atoms. The Morgan fingerprint density at radius 1 is 0.778 bits per heavy atom. The Balaban J connectivity index is 0.00000261. The number of aromatic nitrogens is 3. The second kappa shape index (κ2) is 9.10. The van der Waals surface area contributed by atoms with E-state index in [1.807, 2.05) is 48.5 Å². The van der Waals surface area contributed by atoms with Gasteiger partial charge in [0.2, 0.25) is 0 Å². The average molecular weight is 355 g/mol. The second-order valence-electron chi connectivity index (χ2n) is 5.38. The molecule has 5 nitrogen and oxygen atoms in total. The molecule has 0 saturated heterocycles. The smallest absolute Gasteiger partial charge is 0.228 e. The molecule has 0 N–H and O–H groups in total. The first-order valence-electron chi connectivity index (χ1n) is 7.94. The zero-order valence-electron chi connectivity index (χ0n) is 14.2. The van der Waals surface area contributed by atoms with Gasteiger partial charge in [-0.25, -0.2) is 9.98 Å². The van der Waals surface area contributed by atoms with E-state index in [0.717, 1.165) is 22.3 Å². The van der Waals surface area contributed by atoms with Crippen molar-refractivity contribution in [1.82, 2.24) is 15.0 Å². The lowest BCUT2D eigenvalue weighted by molar-refractivity contribution is 1.04. The van der Waals surface area contributed by atoms with Crippen molar-refractivity contribution in [1.29, 1.82) is 0 Å². The highest BCUT2D eigenvalue weighted by atomic mass is 15.2. The van der Waals surface area contributed by atoms with E-state index in [1.54, 1.807) is 18.4 Å². The van der Waals surface area contributed by atoms with E-state index in [0.29, 0.717) is 5.82 Å². The molecule has 0 aliphatic heterocycles. The molecule has 3 aromatic rings. The Morgan fingerprint density at radius 3 is 1.96 bits per heavy atom. The predicted molar refractivity (Wildman–Crippen MR) is 115 cm³/mol. The van der Waals surface area contributed by atoms with Gasteiger partial charge < -0.3 is 0 Å². The van der Waals surface area contributed by atoms with Gasteiger partial charge in [-0.1, -0.05) is 63.1 Å². The summed E-state index contributed by atoms with van der Waals surface area (Å²) in [7, 11) is 0. The third-order valence-corrected chi connectivity index (χ3v) is 3.59. The van der Waals surface area contributed by atoms with Crippen molar-refractivity contribution in [2.24, 2.45) is 9.98 Å². The minimum absolute atomic E-state index is 0. The van der Waals surface area contributed by atoms with Crippen LogP contribution in [0.4, 0.5) is 11.9 Å². The minimum Gasteiger partial charge on any atom is -0.228 e. The third kappa shape index (κ3) is 4.89. The number of hydrogen-bond acceptors (Lipinski definition) is 5. The topological polar surface area (TPSA) is 63.4 Å². The van der Waals surface area contributed by atoms with E-state index in [-0.39, 0.29) is 19.3 Å². The average Bonchev–Trinajstić information content (AvgIpc) is 2.72. The van der Waals surface area contributed by atoms with Crippen molar-refractivity contribution >= 4 is 37.0 Å². The maximum absolute atomic E-state index is 4.40. The molecule has 1 heterocycles. The van der Waals surface area contributed by atoms with Gasteiger partial charge in [0.1, 0.15) is 0 Å². The number of rotatable bonds is 6. The first-order chi connectivity index (χ1) is 12.7. The van der Waals surface area contributed by atoms with Crippen LogP contribution in [-0.4, -0.2) is 27.9 Å². The van der Waals surface area contributed by atoms with Crippen molar-refractivity contribution in [3.8, 4) is 11.4 Å². The third-order valence-electron chi connectivity index (χ3n) is 3.59. The van der Waals surface area contributed by atoms with Gasteiger partial charge in [0.25, 0.3) is 11.9 Å². The molecular weight excluding hydrogens is 334 g/mol. The van der Waals surface area contributed by atoms with E-state index in [4.69, 9.17) is 0 Å². The Hall–Kier alpha value is -3.73. The maximum atomic E-state index is 4.40. The zero-order valence-corrected chi connectivity index (χ0v) is 14.2. The van der Waals surface area contributed by atoms with Crippen LogP contribution in [-0.2, 0) is 0 Å². The van der Waals surface area contributed by atoms with Crippen molar-refractivity contribution in [3.05, 3.63) is 78.4 Å². The lowest BCUT2D eigenvalue weighted by Crippen LogP contribution is -1.93. The van der Waals surface area contributed by atoms with Gasteiger partial charge in [-0.05, 0) is 41.6 Å². The number of nitrogens with zero attached hydrogens (tertiary/aromatic N) is 5. The monoisotopic (exact) mass is 355 g/mol. The maximum Gasteiger partial charge on any atom is 0.254 e. The SMILES string of the molecule is C.C=Cc1cc(C=C)cc(C=Nc2nc(N=C)nc(-c3ccccc3)n2)c1. The van der Waals surface area contributed by atoms with Crippen LogP contribution in [0.15, 0.2) is 71.7 Å². The fourth-order valence-electron chi connectivity index (χ4n) is 2.34. The van der Waals surface area contributed by atoms with E-state index in [2.05, 4.69) is 44.8 Å². The Kier molecular flexibility index (Phi) is 6.61. The molecule has 134 valence electrons. The second-order valence-corrected chi connectivity index (χ2v) is 5.38. The highest BCUT2D eigenvalue weighted by Crippen LogP contribution is 2.20. The van der Waals surface area contributed by atoms with Crippen LogP contribution in [0.3, 0.4) is 0 Å². The molecule has 2 aromatic carbocycles. The number of hydrogen-bond donors (Lipinski definition) is 0. The lowest BCUT2D eigenvalue weighted by atomic mass is 10.1. The predicted octanol–water partition coefficient (Wildman–Crippen LogP) is 5.54. The minimum atomic E-state index is 0. The van der Waals surface area contributed by atoms with E-state index in [9.17, 15) is 0 Å². The summed E-state index contributed by atoms with van der Waals surface area (Å²) in [5, 5.41) is 0. The van der Waals surface area contributed by atoms with Gasteiger partial charge in [0.15, 0.2) is 5.82 Å². The van der Waals surface area contributed by atoms with Crippen LogP contribution in [0.25, 0.3) is 23.5 Å². The molecule has 0 aliphatic carbocycles. The van der Waals surface area contributed by atoms with E-state index in [1.165, 1.54) is 0 Å². The van der Waals surface area contributed by atoms with E-state index >= 15 is 0 Å². The first kappa shape index (κ1) is 19.6. The van der Waals surface area contributed by atoms with Crippen molar-refractivity contribution in [3.63, 3.8) is 0 Å². The van der Waals surface area contributed by atoms with Crippen LogP contribution in [0, 0.1) is 0 Å². The quantitative estimate of drug-likeness (QED) is 0.545. The van der Waals surface area contributed by atoms with Crippen LogP contribution >= 0.6 is 0 Å². The van der Waals surface area contributed by atoms with Crippen molar-refractivity contribution < 1.29 is 0 Å². The highest BCUT2D eigenvalue weighted by molar-refractivity contribution is 5.83. The summed E-state index contributed by atoms with van der Waals surface area (Å²) in [6, 6.07) is 15.5. The van der Waals surface area contributed by atoms with Crippen LogP contribution in [0.5, 0.6) is 0 Å². The summed E-state index contributed by atoms with van der Waals surface area (Å²) < 4.78 is 0. The molecule has 0 fully saturated rings. The normalized spacial score (nSPS) is 10.2. The summed E-state index contributed by atoms with van der Waals surface area (Å²) in [6.07, 6.45) is 5.25. The molecule has 0 aliphatic rings. The first-order valence-corrected chi connectivity index (χ1v) is 7.94. The molecule has 0 radical (unpaired) electrons. The molecule has 0 saturated carbocycles. The van der Waals surface area contributed by atoms with Crippen molar-refractivity contribution in [2.75, 3.05) is 0 Å². The van der Waals surface area contributed by atoms with Crippen molar-refractivity contribution in [2.45, 2.75) is 7.43 Å². The Bertz CT molecular complexity index is 965. The zero-order chi connectivity index (χ0) is 18.4. The molecule has 3 rings (SSSR count). The van der Waals surface area contributed by atoms with Gasteiger partial charge in [-0.2, -0.15) is 15.0 Å². The summed E-state index contributed by atoms with van der Waals surface area (Å²) >= 11 is 0. The molecule has 0 spiro atoms. The number of benzene rings is 2. The highest BCUT2D eigenvalue weighted by Gasteiger charge is 2.06. The van der Waals surface area contributed by atoms with Crippen LogP contribution in [0.1, 0.15) is 24.1 Å². The fourth-order valence-corrected chi connectivity index (χ4v) is 2.34. The molecule has 5 heteroatoms. The molecule has 0 atom stereocenters. The van der Waals surface area contributed by atoms with Gasteiger partial charge >= 0.3 is 0 Å². The van der Waals surface area contributed by atoms with Gasteiger partial charge in [0.05, 0.1) is 0 Å². The molecule has 0 unspecified atom stereocenters. The number of aliphatic imine (C=N–C) groups is 2. The lowest BCUT2D eigenvalue weighted by Gasteiger charge is -2.03. The summed E-state index contributed by atoms with van der Waals surface area (Å²) in [5.41, 5.74) is 3.72. The van der Waals surface area contributed by atoms with Gasteiger partial charge in [-0.15, -0.1) is 0 Å². The molecule has 0 amide bonds. The Morgan fingerprint density at radius 2 is 1.37 bits per heavy atom. The molecular formula is C22H21N5. The Labute approximate surface area is 159 Å². The largest absolute Gasteiger partial charge is 0.254 e. The summed E-state index contributed by atoms with van der Waals surface area (Å²) in [5.74, 6) is 1.00. The van der Waals surface area contributed by atoms with Gasteiger partial charge in [0, 0.05) is 11.8 Å². The molecule has 27 heavy (non-hydrogen) atoms. The van der Waals surface area contributed by atoms with Gasteiger partial charge in [-0.3, -0.25) is 0 Å². The fraction of sp³-hybridized carbons (Fsp3) is 0.0455. The summed E-state index contributed by atoms with van der Waals surface area (Å²) in [6.45, 7) is 11.1.